The molecule has 5 rings (SSSR count). The molecule has 1 saturated heterocycles. The Morgan fingerprint density at radius 3 is 2.17 bits per heavy atom. The van der Waals surface area contributed by atoms with Gasteiger partial charge < -0.3 is 9.80 Å². The number of halogens is 1. The number of rotatable bonds is 5. The average molecular weight is 500 g/mol. The normalized spacial score (nSPS) is 14.2. The molecule has 0 radical (unpaired) electrons. The molecular weight excluding hydrogens is 474 g/mol. The van der Waals surface area contributed by atoms with E-state index in [4.69, 9.17) is 16.9 Å². The first-order chi connectivity index (χ1) is 17.4. The van der Waals surface area contributed by atoms with Gasteiger partial charge in [0.05, 0.1) is 41.3 Å². The van der Waals surface area contributed by atoms with Gasteiger partial charge in [0, 0.05) is 31.2 Å². The summed E-state index contributed by atoms with van der Waals surface area (Å²) in [6, 6.07) is 22.3. The second kappa shape index (κ2) is 10.0. The molecule has 0 aliphatic carbocycles. The first-order valence-corrected chi connectivity index (χ1v) is 12.3. The Bertz CT molecular complexity index is 1560. The summed E-state index contributed by atoms with van der Waals surface area (Å²) < 4.78 is 2.93. The zero-order valence-corrected chi connectivity index (χ0v) is 20.8. The van der Waals surface area contributed by atoms with E-state index in [9.17, 15) is 9.59 Å². The van der Waals surface area contributed by atoms with Crippen LogP contribution in [0.1, 0.15) is 16.7 Å². The van der Waals surface area contributed by atoms with E-state index in [-0.39, 0.29) is 12.1 Å². The van der Waals surface area contributed by atoms with E-state index < -0.39 is 5.69 Å². The summed E-state index contributed by atoms with van der Waals surface area (Å²) in [5, 5.41) is 10.1. The number of hydrogen-bond acceptors (Lipinski definition) is 5. The average Bonchev–Trinajstić information content (AvgIpc) is 2.90. The molecule has 0 saturated carbocycles. The van der Waals surface area contributed by atoms with Gasteiger partial charge in [-0.05, 0) is 42.4 Å². The van der Waals surface area contributed by atoms with Gasteiger partial charge in [0.1, 0.15) is 0 Å². The number of piperazine rings is 1. The van der Waals surface area contributed by atoms with Crippen molar-refractivity contribution in [3.63, 3.8) is 0 Å². The zero-order valence-electron chi connectivity index (χ0n) is 20.0. The second-order valence-corrected chi connectivity index (χ2v) is 9.60. The summed E-state index contributed by atoms with van der Waals surface area (Å²) in [6.07, 6.45) is 0. The maximum Gasteiger partial charge on any atom is 0.332 e. The summed E-state index contributed by atoms with van der Waals surface area (Å²) >= 11 is 6.56. The fourth-order valence-electron chi connectivity index (χ4n) is 4.70. The van der Waals surface area contributed by atoms with Crippen molar-refractivity contribution in [2.75, 3.05) is 38.1 Å². The monoisotopic (exact) mass is 499 g/mol. The van der Waals surface area contributed by atoms with Crippen molar-refractivity contribution < 1.29 is 0 Å². The van der Waals surface area contributed by atoms with Gasteiger partial charge in [0.25, 0.3) is 5.56 Å². The van der Waals surface area contributed by atoms with Gasteiger partial charge in [-0.2, -0.15) is 5.26 Å². The van der Waals surface area contributed by atoms with Crippen LogP contribution in [0.15, 0.2) is 76.3 Å². The van der Waals surface area contributed by atoms with Crippen LogP contribution in [-0.2, 0) is 13.1 Å². The van der Waals surface area contributed by atoms with Gasteiger partial charge in [0.2, 0.25) is 0 Å². The highest BCUT2D eigenvalue weighted by atomic mass is 35.5. The minimum atomic E-state index is -0.396. The summed E-state index contributed by atoms with van der Waals surface area (Å²) in [7, 11) is 2.08. The highest BCUT2D eigenvalue weighted by Gasteiger charge is 2.23. The highest BCUT2D eigenvalue weighted by Crippen LogP contribution is 2.29. The van der Waals surface area contributed by atoms with Crippen LogP contribution in [0.5, 0.6) is 0 Å². The second-order valence-electron chi connectivity index (χ2n) is 9.16. The number of likely N-dealkylation sites (N-methyl/N-ethyl adjacent to an activating group) is 1. The summed E-state index contributed by atoms with van der Waals surface area (Å²) in [5.41, 5.74) is 2.80. The number of aromatic nitrogens is 2. The summed E-state index contributed by atoms with van der Waals surface area (Å²) in [6.45, 7) is 3.69. The van der Waals surface area contributed by atoms with Crippen LogP contribution in [0.4, 0.5) is 5.69 Å². The number of fused-ring (bicyclic) bond motifs is 1. The minimum Gasteiger partial charge on any atom is -0.368 e. The molecule has 182 valence electrons. The molecule has 1 fully saturated rings. The summed E-state index contributed by atoms with van der Waals surface area (Å²) in [5.74, 6) is 0. The van der Waals surface area contributed by atoms with Crippen molar-refractivity contribution in [2.24, 2.45) is 0 Å². The molecule has 1 aliphatic rings. The fourth-order valence-corrected chi connectivity index (χ4v) is 4.91. The van der Waals surface area contributed by atoms with Crippen molar-refractivity contribution in [2.45, 2.75) is 13.1 Å². The fraction of sp³-hybridized carbons (Fsp3) is 0.250. The van der Waals surface area contributed by atoms with Crippen molar-refractivity contribution in [3.05, 3.63) is 109 Å². The van der Waals surface area contributed by atoms with Crippen molar-refractivity contribution in [1.82, 2.24) is 14.0 Å². The van der Waals surface area contributed by atoms with Gasteiger partial charge >= 0.3 is 5.69 Å². The Hall–Kier alpha value is -3.86. The van der Waals surface area contributed by atoms with Crippen molar-refractivity contribution >= 4 is 28.2 Å². The van der Waals surface area contributed by atoms with Crippen molar-refractivity contribution in [1.29, 1.82) is 5.26 Å². The number of benzene rings is 3. The third-order valence-corrected chi connectivity index (χ3v) is 6.94. The van der Waals surface area contributed by atoms with E-state index in [1.165, 1.54) is 4.57 Å². The number of hydrogen-bond donors (Lipinski definition) is 0. The predicted molar refractivity (Wildman–Crippen MR) is 143 cm³/mol. The molecule has 0 unspecified atom stereocenters. The van der Waals surface area contributed by atoms with E-state index in [1.807, 2.05) is 36.4 Å². The van der Waals surface area contributed by atoms with Crippen molar-refractivity contribution in [3.8, 4) is 6.07 Å². The lowest BCUT2D eigenvalue weighted by molar-refractivity contribution is 0.313. The van der Waals surface area contributed by atoms with Crippen LogP contribution in [0, 0.1) is 11.3 Å². The maximum absolute atomic E-state index is 13.9. The van der Waals surface area contributed by atoms with E-state index >= 15 is 0 Å². The first kappa shape index (κ1) is 23.9. The molecule has 1 aliphatic heterocycles. The molecule has 0 N–H and O–H groups in total. The quantitative estimate of drug-likeness (QED) is 0.420. The van der Waals surface area contributed by atoms with Crippen LogP contribution in [0.25, 0.3) is 10.9 Å². The minimum absolute atomic E-state index is 0.110. The van der Waals surface area contributed by atoms with E-state index in [2.05, 4.69) is 22.9 Å². The molecule has 4 aromatic rings. The molecule has 2 heterocycles. The third-order valence-electron chi connectivity index (χ3n) is 6.72. The van der Waals surface area contributed by atoms with Crippen LogP contribution in [-0.4, -0.2) is 47.3 Å². The zero-order chi connectivity index (χ0) is 25.2. The lowest BCUT2D eigenvalue weighted by Gasteiger charge is -2.34. The topological polar surface area (TPSA) is 74.3 Å². The summed E-state index contributed by atoms with van der Waals surface area (Å²) in [4.78, 5) is 32.2. The molecule has 0 bridgehead atoms. The van der Waals surface area contributed by atoms with E-state index in [0.717, 1.165) is 43.0 Å². The Balaban J connectivity index is 1.73. The standard InChI is InChI=1S/C28H26ClN5O2/c1-31-11-13-32(14-12-31)24-15-23(29)16-25-26(24)27(35)34(19-22-9-7-20(17-30)8-10-22)28(36)33(25)18-21-5-3-2-4-6-21/h2-10,15-16H,11-14,18-19H2,1H3. The molecule has 7 nitrogen and oxygen atoms in total. The Labute approximate surface area is 214 Å². The molecule has 8 heteroatoms. The molecule has 1 aromatic heterocycles. The maximum atomic E-state index is 13.9. The molecule has 3 aromatic carbocycles. The Morgan fingerprint density at radius 1 is 0.861 bits per heavy atom. The van der Waals surface area contributed by atoms with Gasteiger partial charge in [-0.15, -0.1) is 0 Å². The highest BCUT2D eigenvalue weighted by molar-refractivity contribution is 6.31. The van der Waals surface area contributed by atoms with Gasteiger partial charge in [0.15, 0.2) is 0 Å². The molecule has 0 spiro atoms. The Kier molecular flexibility index (Phi) is 6.64. The van der Waals surface area contributed by atoms with Crippen LogP contribution in [0.3, 0.4) is 0 Å². The number of nitrogens with zero attached hydrogens (tertiary/aromatic N) is 5. The third kappa shape index (κ3) is 4.66. The molecule has 0 atom stereocenters. The van der Waals surface area contributed by atoms with Gasteiger partial charge in [-0.1, -0.05) is 54.1 Å². The van der Waals surface area contributed by atoms with Gasteiger partial charge in [-0.3, -0.25) is 13.9 Å². The smallest absolute Gasteiger partial charge is 0.332 e. The predicted octanol–water partition coefficient (Wildman–Crippen LogP) is 3.54. The molecule has 0 amide bonds. The molecule has 36 heavy (non-hydrogen) atoms. The van der Waals surface area contributed by atoms with Crippen LogP contribution >= 0.6 is 11.6 Å². The lowest BCUT2D eigenvalue weighted by Crippen LogP contribution is -2.46. The van der Waals surface area contributed by atoms with Gasteiger partial charge in [-0.25, -0.2) is 4.79 Å². The largest absolute Gasteiger partial charge is 0.368 e. The SMILES string of the molecule is CN1CCN(c2cc(Cl)cc3c2c(=O)n(Cc2ccc(C#N)cc2)c(=O)n3Cc2ccccc2)CC1. The van der Waals surface area contributed by atoms with E-state index in [1.54, 1.807) is 34.9 Å². The first-order valence-electron chi connectivity index (χ1n) is 11.9. The lowest BCUT2D eigenvalue weighted by atomic mass is 10.1. The Morgan fingerprint density at radius 2 is 1.50 bits per heavy atom. The molecular formula is C28H26ClN5O2. The van der Waals surface area contributed by atoms with Crippen LogP contribution < -0.4 is 16.1 Å². The number of anilines is 1. The van der Waals surface area contributed by atoms with Crippen LogP contribution in [0.2, 0.25) is 5.02 Å². The van der Waals surface area contributed by atoms with E-state index in [0.29, 0.717) is 28.0 Å². The number of nitriles is 1.